The van der Waals surface area contributed by atoms with Crippen LogP contribution >= 0.6 is 34.8 Å². The van der Waals surface area contributed by atoms with Crippen molar-refractivity contribution in [2.45, 2.75) is 24.7 Å². The van der Waals surface area contributed by atoms with Crippen LogP contribution < -0.4 is 0 Å². The van der Waals surface area contributed by atoms with Gasteiger partial charge >= 0.3 is 0 Å². The SMILES string of the molecule is O=C(Cl)C1(c2ccc(Cl)cc2Cl)CCC1. The molecule has 1 aromatic rings. The maximum atomic E-state index is 11.5. The average molecular weight is 264 g/mol. The fraction of sp³-hybridized carbons (Fsp3) is 0.364. The van der Waals surface area contributed by atoms with E-state index < -0.39 is 5.41 Å². The summed E-state index contributed by atoms with van der Waals surface area (Å²) in [6, 6.07) is 5.19. The van der Waals surface area contributed by atoms with Gasteiger partial charge in [-0.1, -0.05) is 35.7 Å². The van der Waals surface area contributed by atoms with E-state index >= 15 is 0 Å². The van der Waals surface area contributed by atoms with E-state index in [4.69, 9.17) is 34.8 Å². The average Bonchev–Trinajstić information content (AvgIpc) is 2.05. The Bertz CT molecular complexity index is 410. The van der Waals surface area contributed by atoms with Crippen molar-refractivity contribution in [3.8, 4) is 0 Å². The van der Waals surface area contributed by atoms with Crippen molar-refractivity contribution in [1.82, 2.24) is 0 Å². The smallest absolute Gasteiger partial charge is 0.232 e. The van der Waals surface area contributed by atoms with Gasteiger partial charge in [-0.3, -0.25) is 4.79 Å². The Morgan fingerprint density at radius 2 is 1.93 bits per heavy atom. The monoisotopic (exact) mass is 262 g/mol. The topological polar surface area (TPSA) is 17.1 Å². The normalized spacial score (nSPS) is 18.3. The van der Waals surface area contributed by atoms with E-state index in [1.54, 1.807) is 18.2 Å². The Morgan fingerprint density at radius 1 is 1.27 bits per heavy atom. The van der Waals surface area contributed by atoms with Crippen LogP contribution in [0, 0.1) is 0 Å². The number of halogens is 3. The molecule has 0 radical (unpaired) electrons. The van der Waals surface area contributed by atoms with Crippen molar-refractivity contribution in [2.75, 3.05) is 0 Å². The van der Waals surface area contributed by atoms with Gasteiger partial charge in [0.05, 0.1) is 5.41 Å². The molecule has 1 aromatic carbocycles. The molecule has 1 saturated carbocycles. The van der Waals surface area contributed by atoms with Crippen LogP contribution in [-0.2, 0) is 10.2 Å². The highest BCUT2D eigenvalue weighted by atomic mass is 35.5. The Morgan fingerprint density at radius 3 is 2.33 bits per heavy atom. The van der Waals surface area contributed by atoms with Crippen LogP contribution in [0.1, 0.15) is 24.8 Å². The van der Waals surface area contributed by atoms with Gasteiger partial charge in [0.1, 0.15) is 0 Å². The number of carbonyl (C=O) groups is 1. The van der Waals surface area contributed by atoms with Gasteiger partial charge < -0.3 is 0 Å². The third kappa shape index (κ3) is 1.77. The number of hydrogen-bond acceptors (Lipinski definition) is 1. The van der Waals surface area contributed by atoms with E-state index in [0.29, 0.717) is 10.0 Å². The molecule has 0 aliphatic heterocycles. The Kier molecular flexibility index (Phi) is 2.98. The van der Waals surface area contributed by atoms with Gasteiger partial charge in [0.2, 0.25) is 5.24 Å². The summed E-state index contributed by atoms with van der Waals surface area (Å²) in [5.74, 6) is 0. The molecule has 0 spiro atoms. The lowest BCUT2D eigenvalue weighted by Gasteiger charge is -2.39. The Labute approximate surface area is 103 Å². The number of carbonyl (C=O) groups excluding carboxylic acids is 1. The first-order valence-corrected chi connectivity index (χ1v) is 5.85. The zero-order chi connectivity index (χ0) is 11.1. The van der Waals surface area contributed by atoms with Crippen molar-refractivity contribution >= 4 is 40.0 Å². The summed E-state index contributed by atoms with van der Waals surface area (Å²) >= 11 is 17.5. The molecule has 0 amide bonds. The predicted molar refractivity (Wildman–Crippen MR) is 62.9 cm³/mol. The van der Waals surface area contributed by atoms with Crippen LogP contribution in [0.3, 0.4) is 0 Å². The van der Waals surface area contributed by atoms with Crippen molar-refractivity contribution in [3.63, 3.8) is 0 Å². The summed E-state index contributed by atoms with van der Waals surface area (Å²) in [5.41, 5.74) is 0.239. The summed E-state index contributed by atoms with van der Waals surface area (Å²) in [7, 11) is 0. The van der Waals surface area contributed by atoms with E-state index in [1.807, 2.05) is 0 Å². The van der Waals surface area contributed by atoms with E-state index in [2.05, 4.69) is 0 Å². The lowest BCUT2D eigenvalue weighted by molar-refractivity contribution is -0.119. The van der Waals surface area contributed by atoms with E-state index in [1.165, 1.54) is 0 Å². The molecule has 1 aliphatic rings. The van der Waals surface area contributed by atoms with Gasteiger partial charge in [-0.25, -0.2) is 0 Å². The van der Waals surface area contributed by atoms with Crippen LogP contribution in [0.15, 0.2) is 18.2 Å². The third-order valence-corrected chi connectivity index (χ3v) is 3.94. The summed E-state index contributed by atoms with van der Waals surface area (Å²) in [6.07, 6.45) is 2.56. The molecule has 4 heteroatoms. The van der Waals surface area contributed by atoms with Gasteiger partial charge in [-0.15, -0.1) is 0 Å². The number of rotatable bonds is 2. The lowest BCUT2D eigenvalue weighted by Crippen LogP contribution is -2.40. The molecule has 0 aromatic heterocycles. The first-order chi connectivity index (χ1) is 7.06. The summed E-state index contributed by atoms with van der Waals surface area (Å²) in [4.78, 5) is 11.5. The molecule has 1 nitrogen and oxygen atoms in total. The zero-order valence-corrected chi connectivity index (χ0v) is 10.2. The summed E-state index contributed by atoms with van der Waals surface area (Å²) in [5, 5.41) is 0.773. The molecule has 1 fully saturated rings. The minimum absolute atomic E-state index is 0.321. The second kappa shape index (κ2) is 3.97. The van der Waals surface area contributed by atoms with Crippen LogP contribution in [-0.4, -0.2) is 5.24 Å². The van der Waals surface area contributed by atoms with E-state index in [-0.39, 0.29) is 5.24 Å². The minimum atomic E-state index is -0.566. The Balaban J connectivity index is 2.48. The third-order valence-electron chi connectivity index (χ3n) is 3.03. The first kappa shape index (κ1) is 11.3. The first-order valence-electron chi connectivity index (χ1n) is 4.72. The molecule has 0 N–H and O–H groups in total. The standard InChI is InChI=1S/C11H9Cl3O/c12-7-2-3-8(9(13)6-7)11(10(14)15)4-1-5-11/h2-3,6H,1,4-5H2. The highest BCUT2D eigenvalue weighted by Crippen LogP contribution is 2.48. The zero-order valence-electron chi connectivity index (χ0n) is 7.90. The van der Waals surface area contributed by atoms with E-state index in [0.717, 1.165) is 24.8 Å². The lowest BCUT2D eigenvalue weighted by atomic mass is 9.65. The van der Waals surface area contributed by atoms with Crippen molar-refractivity contribution in [2.24, 2.45) is 0 Å². The van der Waals surface area contributed by atoms with Crippen molar-refractivity contribution in [3.05, 3.63) is 33.8 Å². The summed E-state index contributed by atoms with van der Waals surface area (Å²) < 4.78 is 0. The van der Waals surface area contributed by atoms with Crippen LogP contribution in [0.5, 0.6) is 0 Å². The molecule has 2 rings (SSSR count). The van der Waals surface area contributed by atoms with Crippen LogP contribution in [0.25, 0.3) is 0 Å². The van der Waals surface area contributed by atoms with Crippen LogP contribution in [0.4, 0.5) is 0 Å². The van der Waals surface area contributed by atoms with Gasteiger partial charge in [0.25, 0.3) is 0 Å². The molecule has 0 bridgehead atoms. The maximum Gasteiger partial charge on any atom is 0.232 e. The summed E-state index contributed by atoms with van der Waals surface area (Å²) in [6.45, 7) is 0. The molecule has 0 atom stereocenters. The molecule has 0 saturated heterocycles. The van der Waals surface area contributed by atoms with Crippen molar-refractivity contribution < 1.29 is 4.79 Å². The van der Waals surface area contributed by atoms with Gasteiger partial charge in [-0.05, 0) is 42.1 Å². The van der Waals surface area contributed by atoms with Crippen molar-refractivity contribution in [1.29, 1.82) is 0 Å². The highest BCUT2D eigenvalue weighted by molar-refractivity contribution is 6.65. The largest absolute Gasteiger partial charge is 0.280 e. The second-order valence-electron chi connectivity index (χ2n) is 3.83. The molecule has 80 valence electrons. The van der Waals surface area contributed by atoms with Gasteiger partial charge in [0, 0.05) is 10.0 Å². The van der Waals surface area contributed by atoms with Gasteiger partial charge in [0.15, 0.2) is 0 Å². The maximum absolute atomic E-state index is 11.5. The predicted octanol–water partition coefficient (Wildman–Crippen LogP) is 4.18. The molecule has 15 heavy (non-hydrogen) atoms. The number of benzene rings is 1. The molecular weight excluding hydrogens is 254 g/mol. The fourth-order valence-electron chi connectivity index (χ4n) is 1.98. The van der Waals surface area contributed by atoms with E-state index in [9.17, 15) is 4.79 Å². The molecule has 0 heterocycles. The quantitative estimate of drug-likeness (QED) is 0.732. The van der Waals surface area contributed by atoms with Gasteiger partial charge in [-0.2, -0.15) is 0 Å². The molecule has 0 unspecified atom stereocenters. The second-order valence-corrected chi connectivity index (χ2v) is 5.02. The highest BCUT2D eigenvalue weighted by Gasteiger charge is 2.45. The molecule has 1 aliphatic carbocycles. The minimum Gasteiger partial charge on any atom is -0.280 e. The van der Waals surface area contributed by atoms with Crippen LogP contribution in [0.2, 0.25) is 10.0 Å². The Hall–Kier alpha value is -0.240. The number of hydrogen-bond donors (Lipinski definition) is 0. The molecular formula is C11H9Cl3O. The fourth-order valence-corrected chi connectivity index (χ4v) is 2.86.